The topological polar surface area (TPSA) is 30.5 Å². The van der Waals surface area contributed by atoms with Crippen molar-refractivity contribution >= 4 is 0 Å². The highest BCUT2D eigenvalue weighted by atomic mass is 15.2. The normalized spacial score (nSPS) is 30.8. The Morgan fingerprint density at radius 1 is 1.31 bits per heavy atom. The second kappa shape index (κ2) is 5.96. The molecule has 2 rings (SSSR count). The molecule has 2 aliphatic rings. The van der Waals surface area contributed by atoms with Crippen molar-refractivity contribution in [2.75, 3.05) is 52.9 Å². The van der Waals surface area contributed by atoms with Crippen LogP contribution in [0.3, 0.4) is 0 Å². The Morgan fingerprint density at radius 2 is 2.06 bits per heavy atom. The summed E-state index contributed by atoms with van der Waals surface area (Å²) < 4.78 is 0. The number of nitrogens with one attached hydrogen (secondary N) is 2. The molecule has 4 heteroatoms. The van der Waals surface area contributed by atoms with Gasteiger partial charge in [0.15, 0.2) is 0 Å². The summed E-state index contributed by atoms with van der Waals surface area (Å²) in [5, 5.41) is 7.11. The van der Waals surface area contributed by atoms with Gasteiger partial charge in [-0.3, -0.25) is 4.90 Å². The summed E-state index contributed by atoms with van der Waals surface area (Å²) in [4.78, 5) is 5.00. The highest BCUT2D eigenvalue weighted by Gasteiger charge is 2.21. The summed E-state index contributed by atoms with van der Waals surface area (Å²) in [6.45, 7) is 10.7. The Bertz CT molecular complexity index is 203. The molecule has 2 unspecified atom stereocenters. The quantitative estimate of drug-likeness (QED) is 0.681. The van der Waals surface area contributed by atoms with Gasteiger partial charge in [0, 0.05) is 51.4 Å². The number of likely N-dealkylation sites (N-methyl/N-ethyl adjacent to an activating group) is 1. The van der Waals surface area contributed by atoms with Gasteiger partial charge in [-0.25, -0.2) is 0 Å². The molecule has 0 spiro atoms. The molecule has 0 aromatic rings. The van der Waals surface area contributed by atoms with Gasteiger partial charge >= 0.3 is 0 Å². The van der Waals surface area contributed by atoms with E-state index in [-0.39, 0.29) is 0 Å². The first kappa shape index (κ1) is 12.3. The third-order valence-electron chi connectivity index (χ3n) is 3.87. The van der Waals surface area contributed by atoms with Crippen LogP contribution < -0.4 is 10.6 Å². The molecule has 0 amide bonds. The fraction of sp³-hybridized carbons (Fsp3) is 1.00. The number of piperazine rings is 1. The number of hydrogen-bond acceptors (Lipinski definition) is 4. The van der Waals surface area contributed by atoms with E-state index in [0.29, 0.717) is 6.04 Å². The summed E-state index contributed by atoms with van der Waals surface area (Å²) in [5.41, 5.74) is 0. The first-order valence-corrected chi connectivity index (χ1v) is 6.62. The average Bonchev–Trinajstić information content (AvgIpc) is 2.73. The zero-order valence-corrected chi connectivity index (χ0v) is 10.7. The molecule has 0 saturated carbocycles. The van der Waals surface area contributed by atoms with Crippen LogP contribution in [0.2, 0.25) is 0 Å². The van der Waals surface area contributed by atoms with Gasteiger partial charge in [0.1, 0.15) is 0 Å². The second-order valence-corrected chi connectivity index (χ2v) is 5.29. The van der Waals surface area contributed by atoms with Gasteiger partial charge < -0.3 is 15.5 Å². The van der Waals surface area contributed by atoms with Crippen LogP contribution in [0.1, 0.15) is 13.3 Å². The zero-order chi connectivity index (χ0) is 11.4. The van der Waals surface area contributed by atoms with Crippen molar-refractivity contribution < 1.29 is 0 Å². The molecular weight excluding hydrogens is 200 g/mol. The highest BCUT2D eigenvalue weighted by Crippen LogP contribution is 2.07. The Hall–Kier alpha value is -0.160. The number of rotatable bonds is 4. The predicted molar refractivity (Wildman–Crippen MR) is 67.8 cm³/mol. The van der Waals surface area contributed by atoms with Crippen LogP contribution in [-0.2, 0) is 0 Å². The predicted octanol–water partition coefficient (Wildman–Crippen LogP) is -0.426. The minimum atomic E-state index is 0.674. The maximum absolute atomic E-state index is 3.71. The first-order valence-electron chi connectivity index (χ1n) is 6.62. The van der Waals surface area contributed by atoms with Gasteiger partial charge in [-0.15, -0.1) is 0 Å². The molecular formula is C12H26N4. The van der Waals surface area contributed by atoms with Gasteiger partial charge in [0.2, 0.25) is 0 Å². The summed E-state index contributed by atoms with van der Waals surface area (Å²) >= 11 is 0. The van der Waals surface area contributed by atoms with E-state index >= 15 is 0 Å². The highest BCUT2D eigenvalue weighted by molar-refractivity contribution is 4.82. The SMILES string of the molecule is CC(CNC1CCN(C)C1)N1CCNCC1. The van der Waals surface area contributed by atoms with E-state index in [9.17, 15) is 0 Å². The van der Waals surface area contributed by atoms with Crippen molar-refractivity contribution in [3.63, 3.8) is 0 Å². The van der Waals surface area contributed by atoms with E-state index in [2.05, 4.69) is 34.4 Å². The Labute approximate surface area is 99.4 Å². The lowest BCUT2D eigenvalue weighted by molar-refractivity contribution is 0.178. The minimum absolute atomic E-state index is 0.674. The first-order chi connectivity index (χ1) is 7.75. The van der Waals surface area contributed by atoms with Gasteiger partial charge in [-0.05, 0) is 26.9 Å². The molecule has 0 radical (unpaired) electrons. The molecule has 2 N–H and O–H groups in total. The van der Waals surface area contributed by atoms with Gasteiger partial charge in [0.25, 0.3) is 0 Å². The molecule has 2 fully saturated rings. The smallest absolute Gasteiger partial charge is 0.0207 e. The molecule has 2 heterocycles. The lowest BCUT2D eigenvalue weighted by Gasteiger charge is -2.33. The maximum Gasteiger partial charge on any atom is 0.0207 e. The van der Waals surface area contributed by atoms with Crippen molar-refractivity contribution in [1.29, 1.82) is 0 Å². The standard InChI is InChI=1S/C12H26N4/c1-11(16-7-4-13-5-8-16)9-14-12-3-6-15(2)10-12/h11-14H,3-10H2,1-2H3. The fourth-order valence-corrected chi connectivity index (χ4v) is 2.69. The largest absolute Gasteiger partial charge is 0.314 e. The van der Waals surface area contributed by atoms with Crippen molar-refractivity contribution in [2.24, 2.45) is 0 Å². The lowest BCUT2D eigenvalue weighted by atomic mass is 10.2. The van der Waals surface area contributed by atoms with E-state index in [0.717, 1.165) is 25.7 Å². The molecule has 94 valence electrons. The van der Waals surface area contributed by atoms with Crippen molar-refractivity contribution in [1.82, 2.24) is 20.4 Å². The van der Waals surface area contributed by atoms with Crippen LogP contribution in [0, 0.1) is 0 Å². The van der Waals surface area contributed by atoms with Gasteiger partial charge in [0.05, 0.1) is 0 Å². The monoisotopic (exact) mass is 226 g/mol. The molecule has 0 aliphatic carbocycles. The third-order valence-corrected chi connectivity index (χ3v) is 3.87. The van der Waals surface area contributed by atoms with Crippen LogP contribution in [0.25, 0.3) is 0 Å². The third kappa shape index (κ3) is 3.42. The van der Waals surface area contributed by atoms with Crippen molar-refractivity contribution in [2.45, 2.75) is 25.4 Å². The van der Waals surface area contributed by atoms with Crippen LogP contribution in [0.5, 0.6) is 0 Å². The summed E-state index contributed by atoms with van der Waals surface area (Å²) in [7, 11) is 2.21. The molecule has 2 saturated heterocycles. The van der Waals surface area contributed by atoms with E-state index in [4.69, 9.17) is 0 Å². The van der Waals surface area contributed by atoms with Gasteiger partial charge in [-0.2, -0.15) is 0 Å². The Balaban J connectivity index is 1.64. The number of likely N-dealkylation sites (tertiary alicyclic amines) is 1. The summed E-state index contributed by atoms with van der Waals surface area (Å²) in [5.74, 6) is 0. The van der Waals surface area contributed by atoms with Gasteiger partial charge in [-0.1, -0.05) is 0 Å². The summed E-state index contributed by atoms with van der Waals surface area (Å²) in [6.07, 6.45) is 1.31. The maximum atomic E-state index is 3.71. The van der Waals surface area contributed by atoms with Crippen LogP contribution in [0.15, 0.2) is 0 Å². The van der Waals surface area contributed by atoms with E-state index in [1.165, 1.54) is 32.6 Å². The molecule has 16 heavy (non-hydrogen) atoms. The van der Waals surface area contributed by atoms with Crippen LogP contribution in [0.4, 0.5) is 0 Å². The number of hydrogen-bond donors (Lipinski definition) is 2. The molecule has 0 aromatic carbocycles. The van der Waals surface area contributed by atoms with E-state index in [1.54, 1.807) is 0 Å². The number of nitrogens with zero attached hydrogens (tertiary/aromatic N) is 2. The Morgan fingerprint density at radius 3 is 2.69 bits per heavy atom. The van der Waals surface area contributed by atoms with E-state index < -0.39 is 0 Å². The minimum Gasteiger partial charge on any atom is -0.314 e. The van der Waals surface area contributed by atoms with Crippen molar-refractivity contribution in [3.8, 4) is 0 Å². The second-order valence-electron chi connectivity index (χ2n) is 5.29. The molecule has 4 nitrogen and oxygen atoms in total. The van der Waals surface area contributed by atoms with Crippen molar-refractivity contribution in [3.05, 3.63) is 0 Å². The summed E-state index contributed by atoms with van der Waals surface area (Å²) in [6, 6.07) is 1.39. The molecule has 2 aliphatic heterocycles. The van der Waals surface area contributed by atoms with Crippen LogP contribution >= 0.6 is 0 Å². The molecule has 2 atom stereocenters. The molecule has 0 bridgehead atoms. The fourth-order valence-electron chi connectivity index (χ4n) is 2.69. The van der Waals surface area contributed by atoms with Crippen LogP contribution in [-0.4, -0.2) is 74.7 Å². The molecule has 0 aromatic heterocycles. The van der Waals surface area contributed by atoms with E-state index in [1.807, 2.05) is 0 Å². The lowest BCUT2D eigenvalue weighted by Crippen LogP contribution is -2.51. The Kier molecular flexibility index (Phi) is 4.58. The average molecular weight is 226 g/mol. The zero-order valence-electron chi connectivity index (χ0n) is 10.7.